The van der Waals surface area contributed by atoms with Gasteiger partial charge >= 0.3 is 0 Å². The molecule has 0 heterocycles. The maximum Gasteiger partial charge on any atom is 0.0106 e. The standard InChI is InChI=1S/C34H44/c1-22(2)27-12-10-11-26(19-27)18-24(4)32-31-20-28(23(3)17-25(5)33(6,7)8)13-14-30(31)29-15-16-34(32,9)21-29/h10-14,19-20,25,29,32H,1,3-4,15-18,21H2,2,5-9H3/t25-,29?,32?,34-/m0/s1. The molecule has 0 amide bonds. The third-order valence-corrected chi connectivity index (χ3v) is 9.01. The monoisotopic (exact) mass is 452 g/mol. The van der Waals surface area contributed by atoms with Gasteiger partial charge in [-0.05, 0) is 95.1 Å². The third-order valence-electron chi connectivity index (χ3n) is 9.01. The van der Waals surface area contributed by atoms with E-state index in [-0.39, 0.29) is 0 Å². The van der Waals surface area contributed by atoms with Crippen LogP contribution in [0.1, 0.15) is 107 Å². The van der Waals surface area contributed by atoms with E-state index in [1.165, 1.54) is 52.7 Å². The molecule has 0 aliphatic heterocycles. The Labute approximate surface area is 208 Å². The minimum atomic E-state index is 0.291. The lowest BCUT2D eigenvalue weighted by molar-refractivity contribution is 0.266. The summed E-state index contributed by atoms with van der Waals surface area (Å²) in [6.07, 6.45) is 5.86. The van der Waals surface area contributed by atoms with Gasteiger partial charge < -0.3 is 0 Å². The van der Waals surface area contributed by atoms with Gasteiger partial charge in [-0.3, -0.25) is 0 Å². The molecule has 0 radical (unpaired) electrons. The van der Waals surface area contributed by atoms with E-state index in [0.717, 1.165) is 18.4 Å². The number of allylic oxidation sites excluding steroid dienone is 3. The Morgan fingerprint density at radius 3 is 2.44 bits per heavy atom. The Bertz CT molecular complexity index is 1120. The lowest BCUT2D eigenvalue weighted by Crippen LogP contribution is -2.29. The summed E-state index contributed by atoms with van der Waals surface area (Å²) >= 11 is 0. The zero-order valence-corrected chi connectivity index (χ0v) is 22.4. The molecule has 4 rings (SSSR count). The normalized spacial score (nSPS) is 24.4. The molecule has 0 heteroatoms. The van der Waals surface area contributed by atoms with Gasteiger partial charge in [0.1, 0.15) is 0 Å². The van der Waals surface area contributed by atoms with Gasteiger partial charge in [0, 0.05) is 5.92 Å². The highest BCUT2D eigenvalue weighted by atomic mass is 14.5. The van der Waals surface area contributed by atoms with E-state index in [2.05, 4.69) is 97.2 Å². The molecule has 2 bridgehead atoms. The Balaban J connectivity index is 1.67. The smallest absolute Gasteiger partial charge is 0.0106 e. The van der Waals surface area contributed by atoms with Crippen LogP contribution in [0.3, 0.4) is 0 Å². The number of benzene rings is 2. The van der Waals surface area contributed by atoms with Crippen molar-refractivity contribution in [3.63, 3.8) is 0 Å². The average molecular weight is 453 g/mol. The molecule has 2 aromatic rings. The van der Waals surface area contributed by atoms with E-state index >= 15 is 0 Å². The van der Waals surface area contributed by atoms with Gasteiger partial charge in [0.2, 0.25) is 0 Å². The highest BCUT2D eigenvalue weighted by molar-refractivity contribution is 5.66. The molecule has 0 N–H and O–H groups in total. The fourth-order valence-corrected chi connectivity index (χ4v) is 6.41. The maximum atomic E-state index is 4.72. The first-order valence-electron chi connectivity index (χ1n) is 13.1. The molecule has 2 aliphatic rings. The zero-order chi connectivity index (χ0) is 24.8. The lowest BCUT2D eigenvalue weighted by Gasteiger charge is -2.41. The van der Waals surface area contributed by atoms with Crippen molar-refractivity contribution in [2.45, 2.75) is 85.5 Å². The van der Waals surface area contributed by atoms with Crippen LogP contribution in [0.4, 0.5) is 0 Å². The van der Waals surface area contributed by atoms with Gasteiger partial charge in [0.05, 0.1) is 0 Å². The second-order valence-corrected chi connectivity index (χ2v) is 12.8. The van der Waals surface area contributed by atoms with Crippen molar-refractivity contribution < 1.29 is 0 Å². The predicted molar refractivity (Wildman–Crippen MR) is 150 cm³/mol. The number of rotatable bonds is 7. The molecule has 2 unspecified atom stereocenters. The van der Waals surface area contributed by atoms with E-state index in [4.69, 9.17) is 6.58 Å². The molecule has 1 fully saturated rings. The minimum Gasteiger partial charge on any atom is -0.0989 e. The molecule has 180 valence electrons. The van der Waals surface area contributed by atoms with E-state index in [1.807, 2.05) is 0 Å². The Morgan fingerprint density at radius 2 is 1.76 bits per heavy atom. The van der Waals surface area contributed by atoms with E-state index < -0.39 is 0 Å². The van der Waals surface area contributed by atoms with Crippen molar-refractivity contribution in [1.29, 1.82) is 0 Å². The largest absolute Gasteiger partial charge is 0.0989 e. The number of hydrogen-bond acceptors (Lipinski definition) is 0. The number of fused-ring (bicyclic) bond motifs is 4. The average Bonchev–Trinajstić information content (AvgIpc) is 3.10. The van der Waals surface area contributed by atoms with Crippen molar-refractivity contribution in [3.8, 4) is 0 Å². The molecular weight excluding hydrogens is 408 g/mol. The van der Waals surface area contributed by atoms with Gasteiger partial charge in [-0.25, -0.2) is 0 Å². The summed E-state index contributed by atoms with van der Waals surface area (Å²) in [5, 5.41) is 0. The first kappa shape index (κ1) is 24.8. The van der Waals surface area contributed by atoms with E-state index in [9.17, 15) is 0 Å². The van der Waals surface area contributed by atoms with Gasteiger partial charge in [0.15, 0.2) is 0 Å². The first-order chi connectivity index (χ1) is 15.9. The highest BCUT2D eigenvalue weighted by Crippen LogP contribution is 2.62. The molecule has 0 spiro atoms. The van der Waals surface area contributed by atoms with E-state index in [1.54, 1.807) is 5.56 Å². The predicted octanol–water partition coefficient (Wildman–Crippen LogP) is 9.98. The van der Waals surface area contributed by atoms with Crippen LogP contribution in [0.5, 0.6) is 0 Å². The summed E-state index contributed by atoms with van der Waals surface area (Å²) in [6.45, 7) is 27.3. The summed E-state index contributed by atoms with van der Waals surface area (Å²) in [5.74, 6) is 1.70. The van der Waals surface area contributed by atoms with Crippen molar-refractivity contribution in [1.82, 2.24) is 0 Å². The molecule has 4 atom stereocenters. The molecule has 2 aliphatic carbocycles. The van der Waals surface area contributed by atoms with Gasteiger partial charge in [0.25, 0.3) is 0 Å². The Kier molecular flexibility index (Phi) is 6.58. The molecule has 0 aromatic heterocycles. The fraction of sp³-hybridized carbons (Fsp3) is 0.471. The van der Waals surface area contributed by atoms with Crippen molar-refractivity contribution in [2.75, 3.05) is 0 Å². The van der Waals surface area contributed by atoms with E-state index in [0.29, 0.717) is 28.6 Å². The lowest BCUT2D eigenvalue weighted by atomic mass is 9.62. The first-order valence-corrected chi connectivity index (χ1v) is 13.1. The van der Waals surface area contributed by atoms with Gasteiger partial charge in [-0.15, -0.1) is 0 Å². The summed E-state index contributed by atoms with van der Waals surface area (Å²) in [5.41, 5.74) is 11.3. The molecular formula is C34H44. The van der Waals surface area contributed by atoms with Crippen LogP contribution in [0.15, 0.2) is 67.8 Å². The van der Waals surface area contributed by atoms with Crippen LogP contribution in [0, 0.1) is 16.7 Å². The number of hydrogen-bond donors (Lipinski definition) is 0. The topological polar surface area (TPSA) is 0 Å². The molecule has 0 nitrogen and oxygen atoms in total. The van der Waals surface area contributed by atoms with Crippen LogP contribution in [0.25, 0.3) is 11.1 Å². The highest BCUT2D eigenvalue weighted by Gasteiger charge is 2.48. The van der Waals surface area contributed by atoms with Crippen LogP contribution < -0.4 is 0 Å². The summed E-state index contributed by atoms with van der Waals surface area (Å²) in [4.78, 5) is 0. The summed E-state index contributed by atoms with van der Waals surface area (Å²) < 4.78 is 0. The van der Waals surface area contributed by atoms with Crippen LogP contribution in [0.2, 0.25) is 0 Å². The molecule has 2 aromatic carbocycles. The second kappa shape index (κ2) is 9.03. The molecule has 34 heavy (non-hydrogen) atoms. The van der Waals surface area contributed by atoms with Crippen molar-refractivity contribution >= 4 is 11.1 Å². The van der Waals surface area contributed by atoms with Crippen LogP contribution in [-0.2, 0) is 6.42 Å². The maximum absolute atomic E-state index is 4.72. The Hall–Kier alpha value is -2.34. The SMILES string of the molecule is C=C(C)c1cccc(CC(=C)C2c3cc(C(=C)C[C@H](C)C(C)(C)C)ccc3C3CC[C@@]2(C)C3)c1. The fourth-order valence-electron chi connectivity index (χ4n) is 6.41. The van der Waals surface area contributed by atoms with Gasteiger partial charge in [-0.1, -0.05) is 108 Å². The summed E-state index contributed by atoms with van der Waals surface area (Å²) in [7, 11) is 0. The quantitative estimate of drug-likeness (QED) is 0.367. The van der Waals surface area contributed by atoms with Crippen molar-refractivity contribution in [3.05, 3.63) is 95.6 Å². The minimum absolute atomic E-state index is 0.291. The van der Waals surface area contributed by atoms with Crippen molar-refractivity contribution in [2.24, 2.45) is 16.7 Å². The Morgan fingerprint density at radius 1 is 1.03 bits per heavy atom. The molecule has 1 saturated carbocycles. The van der Waals surface area contributed by atoms with Gasteiger partial charge in [-0.2, -0.15) is 0 Å². The zero-order valence-electron chi connectivity index (χ0n) is 22.4. The third kappa shape index (κ3) is 4.74. The van der Waals surface area contributed by atoms with Crippen LogP contribution in [-0.4, -0.2) is 0 Å². The summed E-state index contributed by atoms with van der Waals surface area (Å²) in [6, 6.07) is 16.1. The molecule has 0 saturated heterocycles. The second-order valence-electron chi connectivity index (χ2n) is 12.8. The van der Waals surface area contributed by atoms with Crippen LogP contribution >= 0.6 is 0 Å².